The largest absolute Gasteiger partial charge is 0.497 e. The van der Waals surface area contributed by atoms with Crippen molar-refractivity contribution in [1.29, 1.82) is 0 Å². The van der Waals surface area contributed by atoms with Gasteiger partial charge in [0.25, 0.3) is 0 Å². The third-order valence-electron chi connectivity index (χ3n) is 3.54. The van der Waals surface area contributed by atoms with Crippen LogP contribution in [0.1, 0.15) is 17.0 Å². The second-order valence-corrected chi connectivity index (χ2v) is 5.06. The Labute approximate surface area is 133 Å². The normalized spacial score (nSPS) is 14.2. The Hall–Kier alpha value is -2.62. The predicted octanol–water partition coefficient (Wildman–Crippen LogP) is 2.89. The van der Waals surface area contributed by atoms with Crippen LogP contribution in [0, 0.1) is 17.0 Å². The number of nitrogens with zero attached hydrogens (tertiary/aromatic N) is 2. The van der Waals surface area contributed by atoms with E-state index in [0.717, 1.165) is 12.1 Å². The van der Waals surface area contributed by atoms with Gasteiger partial charge in [-0.3, -0.25) is 10.1 Å². The first-order valence-electron chi connectivity index (χ1n) is 6.63. The molecule has 0 saturated heterocycles. The number of hydrogen-bond donors (Lipinski definition) is 1. The van der Waals surface area contributed by atoms with Gasteiger partial charge in [-0.1, -0.05) is 17.3 Å². The first kappa shape index (κ1) is 17.7. The summed E-state index contributed by atoms with van der Waals surface area (Å²) in [5.74, 6) is -0.363. The summed E-state index contributed by atoms with van der Waals surface area (Å²) in [6, 6.07) is 4.54. The number of aliphatic hydroxyl groups is 1. The number of methoxy groups -OCH3 is 1. The van der Waals surface area contributed by atoms with Crippen LogP contribution in [0.15, 0.2) is 28.8 Å². The van der Waals surface area contributed by atoms with Crippen LogP contribution in [-0.4, -0.2) is 28.5 Å². The van der Waals surface area contributed by atoms with Crippen LogP contribution in [0.3, 0.4) is 0 Å². The van der Waals surface area contributed by atoms with Gasteiger partial charge in [-0.2, -0.15) is 13.2 Å². The second-order valence-electron chi connectivity index (χ2n) is 5.06. The number of halogens is 3. The van der Waals surface area contributed by atoms with Gasteiger partial charge >= 0.3 is 11.9 Å². The average Bonchev–Trinajstić information content (AvgIpc) is 2.86. The SMILES string of the molecule is COc1ccc([C@](O)(Cc2onc(C)c2[N+](=O)[O-])C(F)(F)F)cc1. The van der Waals surface area contributed by atoms with Crippen LogP contribution in [0.4, 0.5) is 18.9 Å². The highest BCUT2D eigenvalue weighted by Crippen LogP contribution is 2.43. The highest BCUT2D eigenvalue weighted by atomic mass is 19.4. The van der Waals surface area contributed by atoms with Crippen LogP contribution < -0.4 is 4.74 Å². The zero-order valence-electron chi connectivity index (χ0n) is 12.6. The summed E-state index contributed by atoms with van der Waals surface area (Å²) >= 11 is 0. The molecular weight excluding hydrogens is 333 g/mol. The fourth-order valence-corrected chi connectivity index (χ4v) is 2.23. The van der Waals surface area contributed by atoms with Crippen molar-refractivity contribution in [1.82, 2.24) is 5.16 Å². The lowest BCUT2D eigenvalue weighted by Gasteiger charge is -2.30. The zero-order valence-corrected chi connectivity index (χ0v) is 12.6. The lowest BCUT2D eigenvalue weighted by atomic mass is 9.88. The molecular formula is C14H13F3N2O5. The monoisotopic (exact) mass is 346 g/mol. The Balaban J connectivity index is 2.51. The summed E-state index contributed by atoms with van der Waals surface area (Å²) in [5.41, 5.74) is -4.74. The van der Waals surface area contributed by atoms with E-state index >= 15 is 0 Å². The molecule has 0 aliphatic carbocycles. The first-order chi connectivity index (χ1) is 11.1. The van der Waals surface area contributed by atoms with Crippen LogP contribution in [0.2, 0.25) is 0 Å². The Morgan fingerprint density at radius 1 is 1.33 bits per heavy atom. The average molecular weight is 346 g/mol. The molecule has 0 aliphatic heterocycles. The van der Waals surface area contributed by atoms with Crippen molar-refractivity contribution < 1.29 is 32.5 Å². The number of aromatic nitrogens is 1. The van der Waals surface area contributed by atoms with Crippen molar-refractivity contribution in [2.75, 3.05) is 7.11 Å². The summed E-state index contributed by atoms with van der Waals surface area (Å²) < 4.78 is 50.0. The molecule has 1 atom stereocenters. The summed E-state index contributed by atoms with van der Waals surface area (Å²) in [7, 11) is 1.34. The molecule has 1 N–H and O–H groups in total. The Bertz CT molecular complexity index is 742. The van der Waals surface area contributed by atoms with Gasteiger partial charge in [0.1, 0.15) is 5.75 Å². The van der Waals surface area contributed by atoms with Gasteiger partial charge in [0.15, 0.2) is 11.3 Å². The van der Waals surface area contributed by atoms with Gasteiger partial charge in [-0.25, -0.2) is 0 Å². The molecule has 1 aromatic heterocycles. The van der Waals surface area contributed by atoms with Crippen LogP contribution >= 0.6 is 0 Å². The van der Waals surface area contributed by atoms with E-state index in [0.29, 0.717) is 5.75 Å². The topological polar surface area (TPSA) is 98.6 Å². The van der Waals surface area contributed by atoms with Crippen LogP contribution in [-0.2, 0) is 12.0 Å². The molecule has 10 heteroatoms. The summed E-state index contributed by atoms with van der Waals surface area (Å²) in [6.07, 6.45) is -6.28. The van der Waals surface area contributed by atoms with Gasteiger partial charge in [0, 0.05) is 0 Å². The summed E-state index contributed by atoms with van der Waals surface area (Å²) in [5, 5.41) is 24.6. The van der Waals surface area contributed by atoms with E-state index in [1.807, 2.05) is 0 Å². The molecule has 2 aromatic rings. The molecule has 2 rings (SSSR count). The van der Waals surface area contributed by atoms with E-state index in [1.54, 1.807) is 0 Å². The molecule has 0 bridgehead atoms. The minimum atomic E-state index is -5.10. The summed E-state index contributed by atoms with van der Waals surface area (Å²) in [4.78, 5) is 10.1. The fourth-order valence-electron chi connectivity index (χ4n) is 2.23. The Morgan fingerprint density at radius 3 is 2.38 bits per heavy atom. The number of rotatable bonds is 5. The van der Waals surface area contributed by atoms with Crippen molar-refractivity contribution in [3.63, 3.8) is 0 Å². The standard InChI is InChI=1S/C14H13F3N2O5/c1-8-12(19(21)22)11(24-18-8)7-13(20,14(15,16)17)9-3-5-10(23-2)6-4-9/h3-6,20H,7H2,1-2H3/t13-/m1/s1. The third kappa shape index (κ3) is 3.04. The minimum absolute atomic E-state index is 0.172. The van der Waals surface area contributed by atoms with E-state index in [-0.39, 0.29) is 5.69 Å². The van der Waals surface area contributed by atoms with E-state index in [2.05, 4.69) is 9.68 Å². The fraction of sp³-hybridized carbons (Fsp3) is 0.357. The lowest BCUT2D eigenvalue weighted by molar-refractivity contribution is -0.387. The predicted molar refractivity (Wildman–Crippen MR) is 74.5 cm³/mol. The second kappa shape index (κ2) is 6.11. The molecule has 0 fully saturated rings. The van der Waals surface area contributed by atoms with E-state index in [1.165, 1.54) is 26.2 Å². The minimum Gasteiger partial charge on any atom is -0.497 e. The maximum Gasteiger partial charge on any atom is 0.421 e. The third-order valence-corrected chi connectivity index (χ3v) is 3.54. The van der Waals surface area contributed by atoms with Crippen molar-refractivity contribution in [3.05, 3.63) is 51.4 Å². The molecule has 1 aromatic carbocycles. The number of aryl methyl sites for hydroxylation is 1. The summed E-state index contributed by atoms with van der Waals surface area (Å²) in [6.45, 7) is 1.23. The van der Waals surface area contributed by atoms with E-state index in [4.69, 9.17) is 4.74 Å². The molecule has 24 heavy (non-hydrogen) atoms. The molecule has 0 unspecified atom stereocenters. The molecule has 0 radical (unpaired) electrons. The maximum absolute atomic E-state index is 13.5. The highest BCUT2D eigenvalue weighted by Gasteiger charge is 2.56. The van der Waals surface area contributed by atoms with Crippen molar-refractivity contribution in [2.45, 2.75) is 25.1 Å². The highest BCUT2D eigenvalue weighted by molar-refractivity contribution is 5.40. The van der Waals surface area contributed by atoms with Crippen LogP contribution in [0.5, 0.6) is 5.75 Å². The molecule has 0 spiro atoms. The van der Waals surface area contributed by atoms with Gasteiger partial charge in [-0.15, -0.1) is 0 Å². The number of alkyl halides is 3. The molecule has 0 saturated carbocycles. The van der Waals surface area contributed by atoms with Gasteiger partial charge in [0.2, 0.25) is 5.76 Å². The van der Waals surface area contributed by atoms with Gasteiger partial charge in [0.05, 0.1) is 18.5 Å². The number of ether oxygens (including phenoxy) is 1. The smallest absolute Gasteiger partial charge is 0.421 e. The van der Waals surface area contributed by atoms with E-state index in [9.17, 15) is 28.4 Å². The molecule has 0 amide bonds. The quantitative estimate of drug-likeness (QED) is 0.660. The van der Waals surface area contributed by atoms with Gasteiger partial charge < -0.3 is 14.4 Å². The number of benzene rings is 1. The Kier molecular flexibility index (Phi) is 4.52. The number of hydrogen-bond acceptors (Lipinski definition) is 6. The van der Waals surface area contributed by atoms with Crippen molar-refractivity contribution in [2.24, 2.45) is 0 Å². The zero-order chi connectivity index (χ0) is 18.1. The lowest BCUT2D eigenvalue weighted by Crippen LogP contribution is -2.44. The van der Waals surface area contributed by atoms with Crippen molar-refractivity contribution in [3.8, 4) is 5.75 Å². The first-order valence-corrected chi connectivity index (χ1v) is 6.63. The molecule has 130 valence electrons. The van der Waals surface area contributed by atoms with Crippen LogP contribution in [0.25, 0.3) is 0 Å². The molecule has 0 aliphatic rings. The Morgan fingerprint density at radius 2 is 1.92 bits per heavy atom. The van der Waals surface area contributed by atoms with Gasteiger partial charge in [-0.05, 0) is 24.6 Å². The maximum atomic E-state index is 13.5. The van der Waals surface area contributed by atoms with E-state index < -0.39 is 40.1 Å². The molecule has 1 heterocycles. The number of nitro groups is 1. The van der Waals surface area contributed by atoms with Crippen molar-refractivity contribution >= 4 is 5.69 Å². The molecule has 7 nitrogen and oxygen atoms in total.